The highest BCUT2D eigenvalue weighted by molar-refractivity contribution is 5.29. The summed E-state index contributed by atoms with van der Waals surface area (Å²) < 4.78 is 18.8. The highest BCUT2D eigenvalue weighted by atomic mass is 19.1. The van der Waals surface area contributed by atoms with Gasteiger partial charge in [0.25, 0.3) is 0 Å². The SMILES string of the molecule is CC(C)NCc1cc(F)cc(OCCCCO)c1. The van der Waals surface area contributed by atoms with Gasteiger partial charge in [0.05, 0.1) is 6.61 Å². The third-order valence-electron chi connectivity index (χ3n) is 2.47. The maximum absolute atomic E-state index is 13.4. The molecular formula is C14H22FNO2. The van der Waals surface area contributed by atoms with Gasteiger partial charge in [0.15, 0.2) is 0 Å². The Balaban J connectivity index is 2.51. The highest BCUT2D eigenvalue weighted by Crippen LogP contribution is 2.17. The molecule has 4 heteroatoms. The molecule has 18 heavy (non-hydrogen) atoms. The van der Waals surface area contributed by atoms with Crippen LogP contribution < -0.4 is 10.1 Å². The largest absolute Gasteiger partial charge is 0.493 e. The normalized spacial score (nSPS) is 10.9. The first kappa shape index (κ1) is 14.9. The summed E-state index contributed by atoms with van der Waals surface area (Å²) in [7, 11) is 0. The Morgan fingerprint density at radius 1 is 1.28 bits per heavy atom. The van der Waals surface area contributed by atoms with Crippen LogP contribution in [0.5, 0.6) is 5.75 Å². The maximum atomic E-state index is 13.4. The van der Waals surface area contributed by atoms with E-state index in [9.17, 15) is 4.39 Å². The van der Waals surface area contributed by atoms with Gasteiger partial charge < -0.3 is 15.2 Å². The van der Waals surface area contributed by atoms with Crippen molar-refractivity contribution in [3.63, 3.8) is 0 Å². The summed E-state index contributed by atoms with van der Waals surface area (Å²) in [5.41, 5.74) is 0.876. The van der Waals surface area contributed by atoms with Crippen LogP contribution in [0.15, 0.2) is 18.2 Å². The fourth-order valence-corrected chi connectivity index (χ4v) is 1.53. The summed E-state index contributed by atoms with van der Waals surface area (Å²) in [6, 6.07) is 5.10. The van der Waals surface area contributed by atoms with Gasteiger partial charge in [-0.3, -0.25) is 0 Å². The average Bonchev–Trinajstić information content (AvgIpc) is 2.32. The van der Waals surface area contributed by atoms with Crippen molar-refractivity contribution >= 4 is 0 Å². The average molecular weight is 255 g/mol. The van der Waals surface area contributed by atoms with Crippen molar-refractivity contribution in [3.05, 3.63) is 29.6 Å². The summed E-state index contributed by atoms with van der Waals surface area (Å²) >= 11 is 0. The Bertz CT molecular complexity index is 356. The summed E-state index contributed by atoms with van der Waals surface area (Å²) in [5.74, 6) is 0.267. The number of benzene rings is 1. The lowest BCUT2D eigenvalue weighted by atomic mass is 10.2. The predicted octanol–water partition coefficient (Wildman–Crippen LogP) is 2.48. The van der Waals surface area contributed by atoms with Gasteiger partial charge in [0.1, 0.15) is 11.6 Å². The van der Waals surface area contributed by atoms with Crippen LogP contribution in [0, 0.1) is 5.82 Å². The molecule has 0 heterocycles. The molecule has 0 unspecified atom stereocenters. The maximum Gasteiger partial charge on any atom is 0.127 e. The number of nitrogens with one attached hydrogen (secondary N) is 1. The van der Waals surface area contributed by atoms with Crippen molar-refractivity contribution in [1.82, 2.24) is 5.32 Å². The third kappa shape index (κ3) is 5.98. The van der Waals surface area contributed by atoms with E-state index < -0.39 is 0 Å². The zero-order chi connectivity index (χ0) is 13.4. The van der Waals surface area contributed by atoms with Gasteiger partial charge in [0.2, 0.25) is 0 Å². The van der Waals surface area contributed by atoms with Gasteiger partial charge in [-0.05, 0) is 30.5 Å². The molecule has 0 saturated heterocycles. The Labute approximate surface area is 108 Å². The summed E-state index contributed by atoms with van der Waals surface area (Å²) in [6.07, 6.45) is 1.48. The van der Waals surface area contributed by atoms with E-state index in [2.05, 4.69) is 5.32 Å². The Morgan fingerprint density at radius 3 is 2.72 bits per heavy atom. The molecular weight excluding hydrogens is 233 g/mol. The Kier molecular flexibility index (Phi) is 6.68. The van der Waals surface area contributed by atoms with Gasteiger partial charge >= 0.3 is 0 Å². The van der Waals surface area contributed by atoms with E-state index in [0.29, 0.717) is 31.4 Å². The van der Waals surface area contributed by atoms with E-state index in [1.54, 1.807) is 0 Å². The molecule has 0 atom stereocenters. The predicted molar refractivity (Wildman–Crippen MR) is 70.2 cm³/mol. The summed E-state index contributed by atoms with van der Waals surface area (Å²) in [6.45, 7) is 5.39. The number of unbranched alkanes of at least 4 members (excludes halogenated alkanes) is 1. The number of halogens is 1. The van der Waals surface area contributed by atoms with Gasteiger partial charge in [0, 0.05) is 25.3 Å². The van der Waals surface area contributed by atoms with Gasteiger partial charge in [-0.25, -0.2) is 4.39 Å². The second-order valence-corrected chi connectivity index (χ2v) is 4.61. The van der Waals surface area contributed by atoms with Gasteiger partial charge in [-0.15, -0.1) is 0 Å². The minimum absolute atomic E-state index is 0.163. The molecule has 0 aliphatic carbocycles. The van der Waals surface area contributed by atoms with Gasteiger partial charge in [-0.1, -0.05) is 13.8 Å². The lowest BCUT2D eigenvalue weighted by Gasteiger charge is -2.11. The van der Waals surface area contributed by atoms with E-state index in [-0.39, 0.29) is 12.4 Å². The lowest BCUT2D eigenvalue weighted by Crippen LogP contribution is -2.21. The fourth-order valence-electron chi connectivity index (χ4n) is 1.53. The summed E-state index contributed by atoms with van der Waals surface area (Å²) in [4.78, 5) is 0. The molecule has 0 spiro atoms. The minimum Gasteiger partial charge on any atom is -0.493 e. The highest BCUT2D eigenvalue weighted by Gasteiger charge is 2.03. The van der Waals surface area contributed by atoms with Crippen molar-refractivity contribution in [1.29, 1.82) is 0 Å². The van der Waals surface area contributed by atoms with Crippen molar-refractivity contribution in [2.75, 3.05) is 13.2 Å². The molecule has 0 amide bonds. The minimum atomic E-state index is -0.282. The van der Waals surface area contributed by atoms with Crippen LogP contribution in [-0.4, -0.2) is 24.4 Å². The van der Waals surface area contributed by atoms with Crippen molar-refractivity contribution in [2.24, 2.45) is 0 Å². The smallest absolute Gasteiger partial charge is 0.127 e. The van der Waals surface area contributed by atoms with Crippen LogP contribution in [0.3, 0.4) is 0 Å². The lowest BCUT2D eigenvalue weighted by molar-refractivity contribution is 0.252. The van der Waals surface area contributed by atoms with E-state index in [4.69, 9.17) is 9.84 Å². The van der Waals surface area contributed by atoms with Crippen LogP contribution in [0.1, 0.15) is 32.3 Å². The monoisotopic (exact) mass is 255 g/mol. The second kappa shape index (κ2) is 8.06. The van der Waals surface area contributed by atoms with E-state index in [0.717, 1.165) is 12.0 Å². The second-order valence-electron chi connectivity index (χ2n) is 4.61. The Morgan fingerprint density at radius 2 is 2.06 bits per heavy atom. The Hall–Kier alpha value is -1.13. The number of rotatable bonds is 8. The molecule has 2 N–H and O–H groups in total. The molecule has 3 nitrogen and oxygen atoms in total. The molecule has 1 aromatic carbocycles. The van der Waals surface area contributed by atoms with Crippen LogP contribution in [0.4, 0.5) is 4.39 Å². The third-order valence-corrected chi connectivity index (χ3v) is 2.47. The first-order valence-electron chi connectivity index (χ1n) is 6.38. The van der Waals surface area contributed by atoms with Crippen LogP contribution in [0.2, 0.25) is 0 Å². The standard InChI is InChI=1S/C14H22FNO2/c1-11(2)16-10-12-7-13(15)9-14(8-12)18-6-4-3-5-17/h7-9,11,16-17H,3-6,10H2,1-2H3. The van der Waals surface area contributed by atoms with E-state index >= 15 is 0 Å². The fraction of sp³-hybridized carbons (Fsp3) is 0.571. The van der Waals surface area contributed by atoms with Crippen LogP contribution in [-0.2, 0) is 6.54 Å². The molecule has 0 saturated carbocycles. The van der Waals surface area contributed by atoms with E-state index in [1.807, 2.05) is 19.9 Å². The summed E-state index contributed by atoms with van der Waals surface area (Å²) in [5, 5.41) is 11.9. The number of aliphatic hydroxyl groups is 1. The number of ether oxygens (including phenoxy) is 1. The zero-order valence-corrected chi connectivity index (χ0v) is 11.1. The zero-order valence-electron chi connectivity index (χ0n) is 11.1. The molecule has 0 fully saturated rings. The number of hydrogen-bond acceptors (Lipinski definition) is 3. The molecule has 0 aliphatic heterocycles. The first-order valence-corrected chi connectivity index (χ1v) is 6.38. The quantitative estimate of drug-likeness (QED) is 0.701. The van der Waals surface area contributed by atoms with Crippen LogP contribution in [0.25, 0.3) is 0 Å². The van der Waals surface area contributed by atoms with E-state index in [1.165, 1.54) is 12.1 Å². The number of hydrogen-bond donors (Lipinski definition) is 2. The molecule has 102 valence electrons. The molecule has 0 aliphatic rings. The molecule has 0 radical (unpaired) electrons. The van der Waals surface area contributed by atoms with Crippen molar-refractivity contribution < 1.29 is 14.2 Å². The van der Waals surface area contributed by atoms with Gasteiger partial charge in [-0.2, -0.15) is 0 Å². The van der Waals surface area contributed by atoms with Crippen molar-refractivity contribution in [3.8, 4) is 5.75 Å². The van der Waals surface area contributed by atoms with Crippen molar-refractivity contribution in [2.45, 2.75) is 39.3 Å². The molecule has 1 aromatic rings. The molecule has 0 aromatic heterocycles. The molecule has 0 bridgehead atoms. The molecule has 1 rings (SSSR count). The van der Waals surface area contributed by atoms with Crippen LogP contribution >= 0.6 is 0 Å². The topological polar surface area (TPSA) is 41.5 Å². The number of aliphatic hydroxyl groups excluding tert-OH is 1. The first-order chi connectivity index (χ1) is 8.61.